The van der Waals surface area contributed by atoms with Gasteiger partial charge in [0.25, 0.3) is 9.84 Å². The predicted molar refractivity (Wildman–Crippen MR) is 67.1 cm³/mol. The van der Waals surface area contributed by atoms with Crippen molar-refractivity contribution in [2.45, 2.75) is 29.3 Å². The van der Waals surface area contributed by atoms with Gasteiger partial charge in [0.15, 0.2) is 0 Å². The SMILES string of the molecule is CC1(Nc2ccc(F)cc2S(=O)(=O)C(F)(F)F)CCOC1. The minimum atomic E-state index is -5.64. The first-order chi connectivity index (χ1) is 9.55. The van der Waals surface area contributed by atoms with Crippen molar-refractivity contribution in [3.05, 3.63) is 24.0 Å². The van der Waals surface area contributed by atoms with Crippen molar-refractivity contribution in [3.8, 4) is 0 Å². The molecule has 9 heteroatoms. The van der Waals surface area contributed by atoms with Crippen LogP contribution in [0.1, 0.15) is 13.3 Å². The molecule has 1 aromatic carbocycles. The lowest BCUT2D eigenvalue weighted by molar-refractivity contribution is -0.0435. The van der Waals surface area contributed by atoms with E-state index >= 15 is 0 Å². The van der Waals surface area contributed by atoms with Crippen molar-refractivity contribution in [1.82, 2.24) is 0 Å². The average molecular weight is 327 g/mol. The molecule has 4 nitrogen and oxygen atoms in total. The van der Waals surface area contributed by atoms with E-state index in [0.29, 0.717) is 19.1 Å². The number of hydrogen-bond acceptors (Lipinski definition) is 4. The van der Waals surface area contributed by atoms with Gasteiger partial charge in [0.2, 0.25) is 0 Å². The quantitative estimate of drug-likeness (QED) is 0.868. The molecule has 1 aromatic rings. The highest BCUT2D eigenvalue weighted by Crippen LogP contribution is 2.36. The first-order valence-electron chi connectivity index (χ1n) is 6.02. The third kappa shape index (κ3) is 3.13. The van der Waals surface area contributed by atoms with Gasteiger partial charge in [-0.1, -0.05) is 0 Å². The van der Waals surface area contributed by atoms with E-state index in [4.69, 9.17) is 4.74 Å². The van der Waals surface area contributed by atoms with Crippen LogP contribution in [0.3, 0.4) is 0 Å². The molecule has 1 aliphatic heterocycles. The largest absolute Gasteiger partial charge is 0.501 e. The maximum absolute atomic E-state index is 13.2. The number of benzene rings is 1. The monoisotopic (exact) mass is 327 g/mol. The summed E-state index contributed by atoms with van der Waals surface area (Å²) in [5.41, 5.74) is -6.49. The zero-order valence-corrected chi connectivity index (χ0v) is 11.8. The lowest BCUT2D eigenvalue weighted by atomic mass is 10.0. The Bertz CT molecular complexity index is 636. The molecule has 0 radical (unpaired) electrons. The predicted octanol–water partition coefficient (Wildman–Crippen LogP) is 2.71. The average Bonchev–Trinajstić information content (AvgIpc) is 2.77. The summed E-state index contributed by atoms with van der Waals surface area (Å²) in [7, 11) is -5.64. The molecular formula is C12H13F4NO3S. The van der Waals surface area contributed by atoms with Gasteiger partial charge in [-0.05, 0) is 31.5 Å². The highest BCUT2D eigenvalue weighted by atomic mass is 32.2. The number of alkyl halides is 3. The van der Waals surface area contributed by atoms with Crippen LogP contribution >= 0.6 is 0 Å². The second-order valence-corrected chi connectivity index (χ2v) is 6.99. The molecule has 0 aromatic heterocycles. The summed E-state index contributed by atoms with van der Waals surface area (Å²) < 4.78 is 79.4. The van der Waals surface area contributed by atoms with Crippen molar-refractivity contribution in [3.63, 3.8) is 0 Å². The standard InChI is InChI=1S/C12H13F4NO3S/c1-11(4-5-20-7-11)17-9-3-2-8(13)6-10(9)21(18,19)12(14,15)16/h2-3,6,17H,4-5,7H2,1H3. The third-order valence-corrected chi connectivity index (χ3v) is 4.72. The van der Waals surface area contributed by atoms with Gasteiger partial charge in [-0.2, -0.15) is 13.2 Å². The maximum atomic E-state index is 13.2. The molecule has 1 fully saturated rings. The smallest absolute Gasteiger partial charge is 0.379 e. The van der Waals surface area contributed by atoms with Gasteiger partial charge < -0.3 is 10.1 Å². The van der Waals surface area contributed by atoms with Gasteiger partial charge in [0.05, 0.1) is 17.8 Å². The molecule has 0 amide bonds. The molecule has 1 aliphatic rings. The Morgan fingerprint density at radius 1 is 1.33 bits per heavy atom. The van der Waals surface area contributed by atoms with Crippen molar-refractivity contribution < 1.29 is 30.7 Å². The Morgan fingerprint density at radius 3 is 2.52 bits per heavy atom. The number of rotatable bonds is 3. The Morgan fingerprint density at radius 2 is 2.00 bits per heavy atom. The fourth-order valence-electron chi connectivity index (χ4n) is 2.04. The summed E-state index contributed by atoms with van der Waals surface area (Å²) in [6.07, 6.45) is 0.496. The minimum absolute atomic E-state index is 0.218. The van der Waals surface area contributed by atoms with E-state index in [9.17, 15) is 26.0 Å². The maximum Gasteiger partial charge on any atom is 0.501 e. The van der Waals surface area contributed by atoms with Crippen molar-refractivity contribution in [1.29, 1.82) is 0 Å². The van der Waals surface area contributed by atoms with E-state index < -0.39 is 31.6 Å². The number of ether oxygens (including phenoxy) is 1. The van der Waals surface area contributed by atoms with Gasteiger partial charge in [-0.25, -0.2) is 12.8 Å². The van der Waals surface area contributed by atoms with Crippen LogP contribution in [0.15, 0.2) is 23.1 Å². The van der Waals surface area contributed by atoms with E-state index in [1.165, 1.54) is 0 Å². The summed E-state index contributed by atoms with van der Waals surface area (Å²) in [5, 5.41) is 2.72. The van der Waals surface area contributed by atoms with E-state index in [1.807, 2.05) is 0 Å². The van der Waals surface area contributed by atoms with Crippen LogP contribution in [0.25, 0.3) is 0 Å². The lowest BCUT2D eigenvalue weighted by Crippen LogP contribution is -2.36. The zero-order valence-electron chi connectivity index (χ0n) is 11.0. The second kappa shape index (κ2) is 5.13. The summed E-state index contributed by atoms with van der Waals surface area (Å²) in [4.78, 5) is -1.12. The second-order valence-electron chi connectivity index (χ2n) is 5.08. The molecule has 118 valence electrons. The van der Waals surface area contributed by atoms with Crippen molar-refractivity contribution in [2.75, 3.05) is 18.5 Å². The van der Waals surface area contributed by atoms with E-state index in [1.54, 1.807) is 6.92 Å². The molecule has 1 saturated heterocycles. The molecule has 0 spiro atoms. The molecule has 0 bridgehead atoms. The molecule has 1 N–H and O–H groups in total. The Balaban J connectivity index is 2.48. The topological polar surface area (TPSA) is 55.4 Å². The van der Waals surface area contributed by atoms with Gasteiger partial charge >= 0.3 is 5.51 Å². The highest BCUT2D eigenvalue weighted by molar-refractivity contribution is 7.92. The normalized spacial score (nSPS) is 23.3. The minimum Gasteiger partial charge on any atom is -0.379 e. The summed E-state index contributed by atoms with van der Waals surface area (Å²) in [6.45, 7) is 2.31. The fraction of sp³-hybridized carbons (Fsp3) is 0.500. The Hall–Kier alpha value is -1.35. The van der Waals surface area contributed by atoms with Gasteiger partial charge in [-0.15, -0.1) is 0 Å². The number of anilines is 1. The number of nitrogens with one attached hydrogen (secondary N) is 1. The molecule has 1 atom stereocenters. The van der Waals surface area contributed by atoms with Crippen LogP contribution in [0.5, 0.6) is 0 Å². The van der Waals surface area contributed by atoms with E-state index in [-0.39, 0.29) is 12.3 Å². The summed E-state index contributed by atoms with van der Waals surface area (Å²) in [5.74, 6) is -1.06. The fourth-order valence-corrected chi connectivity index (χ4v) is 2.96. The number of hydrogen-bond donors (Lipinski definition) is 1. The molecule has 0 saturated carbocycles. The molecule has 1 heterocycles. The Labute approximate surface area is 119 Å². The Kier molecular flexibility index (Phi) is 3.92. The number of sulfone groups is 1. The summed E-state index contributed by atoms with van der Waals surface area (Å²) in [6, 6.07) is 2.25. The highest BCUT2D eigenvalue weighted by Gasteiger charge is 2.48. The van der Waals surface area contributed by atoms with Crippen molar-refractivity contribution in [2.24, 2.45) is 0 Å². The van der Waals surface area contributed by atoms with Crippen LogP contribution in [-0.4, -0.2) is 32.7 Å². The van der Waals surface area contributed by atoms with E-state index in [2.05, 4.69) is 5.32 Å². The van der Waals surface area contributed by atoms with Crippen LogP contribution in [0, 0.1) is 5.82 Å². The zero-order chi connectivity index (χ0) is 15.9. The first kappa shape index (κ1) is 16.0. The summed E-state index contributed by atoms with van der Waals surface area (Å²) >= 11 is 0. The first-order valence-corrected chi connectivity index (χ1v) is 7.50. The van der Waals surface area contributed by atoms with Gasteiger partial charge in [0, 0.05) is 6.61 Å². The number of halogens is 4. The molecular weight excluding hydrogens is 314 g/mol. The van der Waals surface area contributed by atoms with Crippen LogP contribution in [0.2, 0.25) is 0 Å². The van der Waals surface area contributed by atoms with Crippen molar-refractivity contribution >= 4 is 15.5 Å². The van der Waals surface area contributed by atoms with Crippen LogP contribution in [-0.2, 0) is 14.6 Å². The van der Waals surface area contributed by atoms with Gasteiger partial charge in [-0.3, -0.25) is 0 Å². The molecule has 1 unspecified atom stereocenters. The molecule has 21 heavy (non-hydrogen) atoms. The van der Waals surface area contributed by atoms with Gasteiger partial charge in [0.1, 0.15) is 10.7 Å². The molecule has 2 rings (SSSR count). The molecule has 0 aliphatic carbocycles. The van der Waals surface area contributed by atoms with Crippen LogP contribution in [0.4, 0.5) is 23.2 Å². The lowest BCUT2D eigenvalue weighted by Gasteiger charge is -2.26. The van der Waals surface area contributed by atoms with E-state index in [0.717, 1.165) is 12.1 Å². The third-order valence-electron chi connectivity index (χ3n) is 3.19. The van der Waals surface area contributed by atoms with Crippen LogP contribution < -0.4 is 5.32 Å².